The van der Waals surface area contributed by atoms with E-state index in [0.29, 0.717) is 0 Å². The van der Waals surface area contributed by atoms with Crippen molar-refractivity contribution in [2.75, 3.05) is 7.05 Å². The van der Waals surface area contributed by atoms with Crippen LogP contribution in [0.25, 0.3) is 0 Å². The molecule has 44 valence electrons. The Hall–Kier alpha value is -0.700. The fourth-order valence-electron chi connectivity index (χ4n) is 1.05. The van der Waals surface area contributed by atoms with Crippen LogP contribution >= 0.6 is 0 Å². The van der Waals surface area contributed by atoms with Gasteiger partial charge in [0.25, 0.3) is 0 Å². The van der Waals surface area contributed by atoms with E-state index in [4.69, 9.17) is 0 Å². The normalized spacial score (nSPS) is 26.1. The van der Waals surface area contributed by atoms with Crippen LogP contribution in [0, 0.1) is 0 Å². The average Bonchev–Trinajstić information content (AvgIpc) is 1.91. The summed E-state index contributed by atoms with van der Waals surface area (Å²) in [5, 5.41) is 1.89. The molecule has 3 nitrogen and oxygen atoms in total. The number of nitrogens with zero attached hydrogens (tertiary/aromatic N) is 1. The molecule has 0 atom stereocenters. The van der Waals surface area contributed by atoms with Crippen molar-refractivity contribution in [3.8, 4) is 0 Å². The topological polar surface area (TPSA) is 27.3 Å². The van der Waals surface area contributed by atoms with Crippen molar-refractivity contribution in [3.05, 3.63) is 11.4 Å². The SMILES string of the molecule is CN1NC2=C(CC2)N1. The molecule has 0 saturated heterocycles. The van der Waals surface area contributed by atoms with Gasteiger partial charge in [-0.1, -0.05) is 0 Å². The minimum atomic E-state index is 1.21. The van der Waals surface area contributed by atoms with Crippen LogP contribution in [0.5, 0.6) is 0 Å². The molecule has 2 aliphatic rings. The first-order valence-electron chi connectivity index (χ1n) is 2.85. The minimum absolute atomic E-state index is 1.21. The van der Waals surface area contributed by atoms with Crippen LogP contribution in [0.15, 0.2) is 11.4 Å². The number of rotatable bonds is 0. The maximum absolute atomic E-state index is 3.16. The zero-order valence-corrected chi connectivity index (χ0v) is 4.86. The van der Waals surface area contributed by atoms with E-state index in [1.807, 2.05) is 12.2 Å². The Morgan fingerprint density at radius 1 is 1.25 bits per heavy atom. The number of hydrogen-bond acceptors (Lipinski definition) is 3. The molecule has 2 rings (SSSR count). The molecule has 0 spiro atoms. The molecular formula is C5H9N3. The van der Waals surface area contributed by atoms with Crippen molar-refractivity contribution < 1.29 is 0 Å². The lowest BCUT2D eigenvalue weighted by molar-refractivity contribution is 0.239. The molecule has 0 aromatic heterocycles. The van der Waals surface area contributed by atoms with Gasteiger partial charge in [-0.15, -0.1) is 5.12 Å². The highest BCUT2D eigenvalue weighted by molar-refractivity contribution is 5.23. The summed E-state index contributed by atoms with van der Waals surface area (Å²) in [4.78, 5) is 0. The second-order valence-electron chi connectivity index (χ2n) is 2.24. The van der Waals surface area contributed by atoms with Gasteiger partial charge in [0.2, 0.25) is 0 Å². The number of hydrogen-bond donors (Lipinski definition) is 2. The Labute approximate surface area is 48.3 Å². The Bertz CT molecular complexity index is 134. The van der Waals surface area contributed by atoms with Gasteiger partial charge in [0.15, 0.2) is 0 Å². The van der Waals surface area contributed by atoms with E-state index in [-0.39, 0.29) is 0 Å². The third-order valence-corrected chi connectivity index (χ3v) is 1.59. The van der Waals surface area contributed by atoms with Gasteiger partial charge < -0.3 is 10.9 Å². The zero-order chi connectivity index (χ0) is 5.56. The predicted octanol–water partition coefficient (Wildman–Crippen LogP) is -0.0536. The van der Waals surface area contributed by atoms with Gasteiger partial charge in [-0.25, -0.2) is 0 Å². The standard InChI is InChI=1S/C5H9N3/c1-8-6-4-2-3-5(4)7-8/h6-7H,2-3H2,1H3. The summed E-state index contributed by atoms with van der Waals surface area (Å²) in [6.45, 7) is 0. The van der Waals surface area contributed by atoms with E-state index < -0.39 is 0 Å². The summed E-state index contributed by atoms with van der Waals surface area (Å²) in [6, 6.07) is 0. The highest BCUT2D eigenvalue weighted by Crippen LogP contribution is 2.26. The molecule has 1 aliphatic heterocycles. The summed E-state index contributed by atoms with van der Waals surface area (Å²) in [7, 11) is 1.97. The summed E-state index contributed by atoms with van der Waals surface area (Å²) < 4.78 is 0. The first kappa shape index (κ1) is 4.21. The average molecular weight is 111 g/mol. The molecule has 0 aromatic carbocycles. The minimum Gasteiger partial charge on any atom is -0.304 e. The van der Waals surface area contributed by atoms with Gasteiger partial charge in [0.1, 0.15) is 0 Å². The van der Waals surface area contributed by atoms with Crippen molar-refractivity contribution in [2.45, 2.75) is 12.8 Å². The van der Waals surface area contributed by atoms with Crippen molar-refractivity contribution in [1.29, 1.82) is 0 Å². The second-order valence-corrected chi connectivity index (χ2v) is 2.24. The van der Waals surface area contributed by atoms with Crippen molar-refractivity contribution >= 4 is 0 Å². The van der Waals surface area contributed by atoms with Gasteiger partial charge >= 0.3 is 0 Å². The third-order valence-electron chi connectivity index (χ3n) is 1.59. The van der Waals surface area contributed by atoms with Crippen molar-refractivity contribution in [1.82, 2.24) is 16.0 Å². The van der Waals surface area contributed by atoms with Gasteiger partial charge in [-0.05, 0) is 12.8 Å². The molecule has 0 aromatic rings. The second kappa shape index (κ2) is 1.17. The molecule has 1 aliphatic carbocycles. The molecule has 0 radical (unpaired) electrons. The molecule has 0 saturated carbocycles. The van der Waals surface area contributed by atoms with Crippen LogP contribution in [0.2, 0.25) is 0 Å². The number of allylic oxidation sites excluding steroid dienone is 2. The van der Waals surface area contributed by atoms with Gasteiger partial charge in [0, 0.05) is 18.4 Å². The van der Waals surface area contributed by atoms with E-state index >= 15 is 0 Å². The Balaban J connectivity index is 2.17. The number of nitrogens with one attached hydrogen (secondary N) is 2. The molecule has 8 heavy (non-hydrogen) atoms. The van der Waals surface area contributed by atoms with Gasteiger partial charge in [-0.2, -0.15) is 0 Å². The molecular weight excluding hydrogens is 102 g/mol. The van der Waals surface area contributed by atoms with Crippen LogP contribution in [0.3, 0.4) is 0 Å². The lowest BCUT2D eigenvalue weighted by atomic mass is 10.0. The van der Waals surface area contributed by atoms with E-state index in [1.54, 1.807) is 0 Å². The van der Waals surface area contributed by atoms with Gasteiger partial charge in [-0.3, -0.25) is 0 Å². The fraction of sp³-hybridized carbons (Fsp3) is 0.600. The quantitative estimate of drug-likeness (QED) is 0.459. The summed E-state index contributed by atoms with van der Waals surface area (Å²) in [5.41, 5.74) is 9.05. The molecule has 1 heterocycles. The van der Waals surface area contributed by atoms with E-state index in [0.717, 1.165) is 0 Å². The van der Waals surface area contributed by atoms with Crippen LogP contribution in [0.4, 0.5) is 0 Å². The van der Waals surface area contributed by atoms with E-state index in [2.05, 4.69) is 10.9 Å². The molecule has 0 bridgehead atoms. The number of hydrazine groups is 2. The van der Waals surface area contributed by atoms with Crippen molar-refractivity contribution in [2.24, 2.45) is 0 Å². The maximum atomic E-state index is 3.16. The van der Waals surface area contributed by atoms with Gasteiger partial charge in [0.05, 0.1) is 0 Å². The Kier molecular flexibility index (Phi) is 0.615. The van der Waals surface area contributed by atoms with E-state index in [1.165, 1.54) is 24.2 Å². The molecule has 0 unspecified atom stereocenters. The highest BCUT2D eigenvalue weighted by Gasteiger charge is 2.24. The summed E-state index contributed by atoms with van der Waals surface area (Å²) >= 11 is 0. The monoisotopic (exact) mass is 111 g/mol. The van der Waals surface area contributed by atoms with Crippen LogP contribution < -0.4 is 10.9 Å². The first-order valence-corrected chi connectivity index (χ1v) is 2.85. The molecule has 0 amide bonds. The summed E-state index contributed by atoms with van der Waals surface area (Å²) in [5.74, 6) is 0. The third kappa shape index (κ3) is 0.369. The van der Waals surface area contributed by atoms with Crippen LogP contribution in [0.1, 0.15) is 12.8 Å². The molecule has 2 N–H and O–H groups in total. The Morgan fingerprint density at radius 2 is 1.75 bits per heavy atom. The predicted molar refractivity (Wildman–Crippen MR) is 30.3 cm³/mol. The summed E-state index contributed by atoms with van der Waals surface area (Å²) in [6.07, 6.45) is 2.43. The first-order chi connectivity index (χ1) is 3.86. The fourth-order valence-corrected chi connectivity index (χ4v) is 1.05. The van der Waals surface area contributed by atoms with Crippen LogP contribution in [-0.2, 0) is 0 Å². The highest BCUT2D eigenvalue weighted by atomic mass is 15.7. The molecule has 0 fully saturated rings. The Morgan fingerprint density at radius 3 is 2.00 bits per heavy atom. The molecule has 3 heteroatoms. The largest absolute Gasteiger partial charge is 0.304 e. The maximum Gasteiger partial charge on any atom is 0.0489 e. The van der Waals surface area contributed by atoms with E-state index in [9.17, 15) is 0 Å². The zero-order valence-electron chi connectivity index (χ0n) is 4.86. The van der Waals surface area contributed by atoms with Crippen molar-refractivity contribution in [3.63, 3.8) is 0 Å². The van der Waals surface area contributed by atoms with Crippen LogP contribution in [-0.4, -0.2) is 12.2 Å². The lowest BCUT2D eigenvalue weighted by Gasteiger charge is -2.11. The lowest BCUT2D eigenvalue weighted by Crippen LogP contribution is -2.34. The smallest absolute Gasteiger partial charge is 0.0489 e.